The molecule has 0 spiro atoms. The molecule has 0 saturated heterocycles. The first kappa shape index (κ1) is 16.9. The Hall–Kier alpha value is -2.47. The van der Waals surface area contributed by atoms with Gasteiger partial charge in [-0.15, -0.1) is 0 Å². The summed E-state index contributed by atoms with van der Waals surface area (Å²) in [5.74, 6) is 0. The molecule has 2 N–H and O–H groups in total. The van der Waals surface area contributed by atoms with Crippen LogP contribution < -0.4 is 10.6 Å². The lowest BCUT2D eigenvalue weighted by molar-refractivity contribution is -0.384. The maximum absolute atomic E-state index is 10.8. The van der Waals surface area contributed by atoms with Gasteiger partial charge in [0.2, 0.25) is 0 Å². The molecule has 0 unspecified atom stereocenters. The lowest BCUT2D eigenvalue weighted by atomic mass is 10.1. The minimum absolute atomic E-state index is 0.0370. The topological polar surface area (TPSA) is 67.2 Å². The first-order chi connectivity index (χ1) is 11.0. The van der Waals surface area contributed by atoms with Crippen molar-refractivity contribution in [1.82, 2.24) is 5.32 Å². The quantitative estimate of drug-likeness (QED) is 0.478. The van der Waals surface area contributed by atoms with E-state index in [4.69, 9.17) is 12.2 Å². The molecule has 120 valence electrons. The normalized spacial score (nSPS) is 11.5. The van der Waals surface area contributed by atoms with E-state index in [0.717, 1.165) is 12.8 Å². The summed E-state index contributed by atoms with van der Waals surface area (Å²) >= 11 is 5.26. The monoisotopic (exact) mass is 329 g/mol. The fraction of sp³-hybridized carbons (Fsp3) is 0.235. The molecule has 2 aromatic rings. The van der Waals surface area contributed by atoms with Crippen LogP contribution in [-0.4, -0.2) is 16.1 Å². The first-order valence-electron chi connectivity index (χ1n) is 7.40. The van der Waals surface area contributed by atoms with Crippen molar-refractivity contribution in [3.05, 3.63) is 70.3 Å². The van der Waals surface area contributed by atoms with Gasteiger partial charge in [0.05, 0.1) is 4.92 Å². The number of hydrogen-bond acceptors (Lipinski definition) is 3. The minimum atomic E-state index is -0.426. The Morgan fingerprint density at radius 2 is 1.96 bits per heavy atom. The number of non-ortho nitro benzene ring substituents is 1. The van der Waals surface area contributed by atoms with Crippen molar-refractivity contribution < 1.29 is 4.92 Å². The molecule has 1 atom stereocenters. The summed E-state index contributed by atoms with van der Waals surface area (Å²) in [6.07, 6.45) is 1.91. The second-order valence-corrected chi connectivity index (χ2v) is 5.74. The van der Waals surface area contributed by atoms with Gasteiger partial charge in [-0.1, -0.05) is 36.4 Å². The molecular formula is C17H19N3O2S. The van der Waals surface area contributed by atoms with Crippen LogP contribution in [0.2, 0.25) is 0 Å². The zero-order valence-electron chi connectivity index (χ0n) is 12.9. The van der Waals surface area contributed by atoms with Crippen molar-refractivity contribution in [3.8, 4) is 0 Å². The van der Waals surface area contributed by atoms with Gasteiger partial charge >= 0.3 is 0 Å². The molecule has 0 saturated carbocycles. The number of nitro groups is 1. The number of thiocarbonyl (C=S) groups is 1. The Morgan fingerprint density at radius 1 is 1.22 bits per heavy atom. The fourth-order valence-corrected chi connectivity index (χ4v) is 2.51. The zero-order chi connectivity index (χ0) is 16.7. The molecule has 0 bridgehead atoms. The van der Waals surface area contributed by atoms with Crippen LogP contribution in [0, 0.1) is 10.1 Å². The van der Waals surface area contributed by atoms with Gasteiger partial charge in [-0.3, -0.25) is 10.1 Å². The Bertz CT molecular complexity index is 677. The molecule has 0 fully saturated rings. The van der Waals surface area contributed by atoms with Gasteiger partial charge in [-0.25, -0.2) is 0 Å². The van der Waals surface area contributed by atoms with Crippen molar-refractivity contribution in [2.75, 3.05) is 5.32 Å². The molecule has 0 aliphatic heterocycles. The number of nitrogens with one attached hydrogen (secondary N) is 2. The summed E-state index contributed by atoms with van der Waals surface area (Å²) in [6, 6.07) is 16.8. The fourth-order valence-electron chi connectivity index (χ4n) is 2.19. The molecule has 2 rings (SSSR count). The van der Waals surface area contributed by atoms with Crippen LogP contribution in [0.25, 0.3) is 0 Å². The van der Waals surface area contributed by atoms with Crippen LogP contribution in [0.3, 0.4) is 0 Å². The number of hydrogen-bond donors (Lipinski definition) is 2. The number of aryl methyl sites for hydroxylation is 1. The second-order valence-electron chi connectivity index (χ2n) is 5.33. The third kappa shape index (κ3) is 5.67. The van der Waals surface area contributed by atoms with Gasteiger partial charge in [0.25, 0.3) is 5.69 Å². The second kappa shape index (κ2) is 8.24. The van der Waals surface area contributed by atoms with Crippen LogP contribution in [0.15, 0.2) is 54.6 Å². The van der Waals surface area contributed by atoms with Crippen molar-refractivity contribution >= 4 is 28.7 Å². The Balaban J connectivity index is 1.82. The molecule has 0 aliphatic rings. The largest absolute Gasteiger partial charge is 0.360 e. The summed E-state index contributed by atoms with van der Waals surface area (Å²) in [7, 11) is 0. The number of rotatable bonds is 6. The van der Waals surface area contributed by atoms with E-state index >= 15 is 0 Å². The predicted octanol–water partition coefficient (Wildman–Crippen LogP) is 3.90. The highest BCUT2D eigenvalue weighted by Gasteiger charge is 2.08. The number of anilines is 1. The highest BCUT2D eigenvalue weighted by Crippen LogP contribution is 2.17. The van der Waals surface area contributed by atoms with Gasteiger partial charge in [-0.2, -0.15) is 0 Å². The summed E-state index contributed by atoms with van der Waals surface area (Å²) in [5, 5.41) is 17.4. The maximum Gasteiger partial charge on any atom is 0.271 e. The van der Waals surface area contributed by atoms with E-state index in [9.17, 15) is 10.1 Å². The van der Waals surface area contributed by atoms with E-state index in [1.807, 2.05) is 18.2 Å². The van der Waals surface area contributed by atoms with Crippen LogP contribution in [0.1, 0.15) is 18.9 Å². The van der Waals surface area contributed by atoms with E-state index in [-0.39, 0.29) is 11.7 Å². The van der Waals surface area contributed by atoms with E-state index in [0.29, 0.717) is 10.8 Å². The van der Waals surface area contributed by atoms with Crippen molar-refractivity contribution in [1.29, 1.82) is 0 Å². The lowest BCUT2D eigenvalue weighted by Crippen LogP contribution is -2.36. The number of nitro benzene ring substituents is 1. The molecule has 0 radical (unpaired) electrons. The summed E-state index contributed by atoms with van der Waals surface area (Å²) in [4.78, 5) is 10.3. The van der Waals surface area contributed by atoms with Crippen molar-refractivity contribution in [2.24, 2.45) is 0 Å². The standard InChI is InChI=1S/C17H19N3O2S/c1-13(10-11-14-6-3-2-4-7-14)18-17(23)19-15-8-5-9-16(12-15)20(21)22/h2-9,12-13H,10-11H2,1H3,(H2,18,19,23)/t13-/m1/s1. The Morgan fingerprint density at radius 3 is 2.65 bits per heavy atom. The Kier molecular flexibility index (Phi) is 6.05. The molecule has 0 amide bonds. The van der Waals surface area contributed by atoms with E-state index in [1.165, 1.54) is 17.7 Å². The highest BCUT2D eigenvalue weighted by molar-refractivity contribution is 7.80. The summed E-state index contributed by atoms with van der Waals surface area (Å²) in [5.41, 5.74) is 1.93. The van der Waals surface area contributed by atoms with E-state index in [2.05, 4.69) is 29.7 Å². The van der Waals surface area contributed by atoms with Gasteiger partial charge in [-0.05, 0) is 43.6 Å². The molecule has 6 heteroatoms. The van der Waals surface area contributed by atoms with Gasteiger partial charge in [0, 0.05) is 23.9 Å². The summed E-state index contributed by atoms with van der Waals surface area (Å²) < 4.78 is 0. The van der Waals surface area contributed by atoms with Gasteiger partial charge in [0.1, 0.15) is 0 Å². The molecule has 2 aromatic carbocycles. The SMILES string of the molecule is C[C@H](CCc1ccccc1)NC(=S)Nc1cccc([N+](=O)[O-])c1. The van der Waals surface area contributed by atoms with Crippen LogP contribution in [0.5, 0.6) is 0 Å². The van der Waals surface area contributed by atoms with Crippen LogP contribution >= 0.6 is 12.2 Å². The van der Waals surface area contributed by atoms with E-state index in [1.54, 1.807) is 12.1 Å². The average molecular weight is 329 g/mol. The molecule has 23 heavy (non-hydrogen) atoms. The number of benzene rings is 2. The highest BCUT2D eigenvalue weighted by atomic mass is 32.1. The lowest BCUT2D eigenvalue weighted by Gasteiger charge is -2.17. The van der Waals surface area contributed by atoms with Gasteiger partial charge in [0.15, 0.2) is 5.11 Å². The van der Waals surface area contributed by atoms with E-state index < -0.39 is 4.92 Å². The first-order valence-corrected chi connectivity index (χ1v) is 7.81. The number of nitrogens with zero attached hydrogens (tertiary/aromatic N) is 1. The zero-order valence-corrected chi connectivity index (χ0v) is 13.7. The molecule has 0 aromatic heterocycles. The molecule has 0 heterocycles. The third-order valence-corrected chi connectivity index (χ3v) is 3.62. The maximum atomic E-state index is 10.8. The van der Waals surface area contributed by atoms with Gasteiger partial charge < -0.3 is 10.6 Å². The Labute approximate surface area is 140 Å². The summed E-state index contributed by atoms with van der Waals surface area (Å²) in [6.45, 7) is 2.06. The minimum Gasteiger partial charge on any atom is -0.360 e. The van der Waals surface area contributed by atoms with Crippen molar-refractivity contribution in [3.63, 3.8) is 0 Å². The smallest absolute Gasteiger partial charge is 0.271 e. The molecular weight excluding hydrogens is 310 g/mol. The average Bonchev–Trinajstić information content (AvgIpc) is 2.54. The third-order valence-electron chi connectivity index (χ3n) is 3.40. The predicted molar refractivity (Wildman–Crippen MR) is 96.7 cm³/mol. The van der Waals surface area contributed by atoms with Crippen LogP contribution in [0.4, 0.5) is 11.4 Å². The molecule has 0 aliphatic carbocycles. The molecule has 5 nitrogen and oxygen atoms in total. The van der Waals surface area contributed by atoms with Crippen molar-refractivity contribution in [2.45, 2.75) is 25.8 Å². The van der Waals surface area contributed by atoms with Crippen LogP contribution in [-0.2, 0) is 6.42 Å².